The van der Waals surface area contributed by atoms with Crippen LogP contribution in [0.3, 0.4) is 0 Å². The smallest absolute Gasteiger partial charge is 0.253 e. The highest BCUT2D eigenvalue weighted by Crippen LogP contribution is 2.49. The van der Waals surface area contributed by atoms with E-state index < -0.39 is 5.41 Å². The zero-order valence-corrected chi connectivity index (χ0v) is 14.8. The van der Waals surface area contributed by atoms with Gasteiger partial charge in [0.2, 0.25) is 0 Å². The average molecular weight is 360 g/mol. The van der Waals surface area contributed by atoms with Crippen LogP contribution in [0.4, 0.5) is 0 Å². The van der Waals surface area contributed by atoms with Crippen molar-refractivity contribution in [1.29, 1.82) is 0 Å². The summed E-state index contributed by atoms with van der Waals surface area (Å²) < 4.78 is 5.92. The van der Waals surface area contributed by atoms with E-state index in [9.17, 15) is 9.90 Å². The summed E-state index contributed by atoms with van der Waals surface area (Å²) in [5, 5.41) is 11.2. The molecule has 2 aliphatic heterocycles. The predicted octanol–water partition coefficient (Wildman–Crippen LogP) is 2.85. The van der Waals surface area contributed by atoms with Gasteiger partial charge in [-0.15, -0.1) is 0 Å². The molecule has 27 heavy (non-hydrogen) atoms. The zero-order valence-electron chi connectivity index (χ0n) is 14.8. The molecule has 5 rings (SSSR count). The lowest BCUT2D eigenvalue weighted by molar-refractivity contribution is 0.0440. The molecular formula is C22H20N2O3. The van der Waals surface area contributed by atoms with Crippen molar-refractivity contribution in [3.05, 3.63) is 71.9 Å². The van der Waals surface area contributed by atoms with E-state index in [2.05, 4.69) is 4.98 Å². The van der Waals surface area contributed by atoms with E-state index in [1.54, 1.807) is 6.20 Å². The molecule has 0 aliphatic carbocycles. The summed E-state index contributed by atoms with van der Waals surface area (Å²) in [6.45, 7) is 1.49. The number of aromatic nitrogens is 1. The number of ether oxygens (including phenoxy) is 1. The van der Waals surface area contributed by atoms with Gasteiger partial charge in [0, 0.05) is 36.2 Å². The van der Waals surface area contributed by atoms with E-state index >= 15 is 0 Å². The standard InChI is InChI=1S/C22H20N2O3/c25-13-22-12-24(11-18(22)17-5-1-2-6-20(17)27-14-22)21(26)16-8-7-15-4-3-9-23-19(15)10-16/h1-10,18,25H,11-14H2/t18-,22-/m1/s1. The highest BCUT2D eigenvalue weighted by atomic mass is 16.5. The number of hydrogen-bond donors (Lipinski definition) is 1. The SMILES string of the molecule is O=C(c1ccc2cccnc2c1)N1C[C@@H]2c3ccccc3OC[C@]2(CO)C1. The monoisotopic (exact) mass is 360 g/mol. The molecule has 2 aliphatic rings. The van der Waals surface area contributed by atoms with Crippen molar-refractivity contribution in [3.8, 4) is 5.75 Å². The maximum absolute atomic E-state index is 13.2. The van der Waals surface area contributed by atoms with Gasteiger partial charge in [0.15, 0.2) is 0 Å². The Balaban J connectivity index is 1.49. The summed E-state index contributed by atoms with van der Waals surface area (Å²) >= 11 is 0. The van der Waals surface area contributed by atoms with Gasteiger partial charge in [-0.2, -0.15) is 0 Å². The molecule has 0 unspecified atom stereocenters. The predicted molar refractivity (Wildman–Crippen MR) is 102 cm³/mol. The number of carbonyl (C=O) groups excluding carboxylic acids is 1. The lowest BCUT2D eigenvalue weighted by Crippen LogP contribution is -2.42. The van der Waals surface area contributed by atoms with Crippen molar-refractivity contribution >= 4 is 16.8 Å². The van der Waals surface area contributed by atoms with E-state index in [-0.39, 0.29) is 18.4 Å². The Labute approximate surface area is 157 Å². The number of amides is 1. The number of aliphatic hydroxyl groups excluding tert-OH is 1. The number of fused-ring (bicyclic) bond motifs is 4. The fraction of sp³-hybridized carbons (Fsp3) is 0.273. The number of carbonyl (C=O) groups is 1. The second-order valence-corrected chi connectivity index (χ2v) is 7.50. The number of hydrogen-bond acceptors (Lipinski definition) is 4. The Kier molecular flexibility index (Phi) is 3.65. The summed E-state index contributed by atoms with van der Waals surface area (Å²) in [5.41, 5.74) is 2.07. The Bertz CT molecular complexity index is 1030. The molecule has 0 radical (unpaired) electrons. The molecule has 3 aromatic rings. The molecule has 0 spiro atoms. The Morgan fingerprint density at radius 1 is 1.22 bits per heavy atom. The third-order valence-corrected chi connectivity index (χ3v) is 5.91. The summed E-state index contributed by atoms with van der Waals surface area (Å²) in [4.78, 5) is 19.4. The van der Waals surface area contributed by atoms with Crippen LogP contribution >= 0.6 is 0 Å². The molecule has 5 heteroatoms. The third-order valence-electron chi connectivity index (χ3n) is 5.91. The largest absolute Gasteiger partial charge is 0.493 e. The zero-order chi connectivity index (χ0) is 18.4. The van der Waals surface area contributed by atoms with Crippen molar-refractivity contribution in [2.24, 2.45) is 5.41 Å². The van der Waals surface area contributed by atoms with Gasteiger partial charge >= 0.3 is 0 Å². The van der Waals surface area contributed by atoms with E-state index in [1.165, 1.54) is 0 Å². The second kappa shape index (κ2) is 6.06. The van der Waals surface area contributed by atoms with Gasteiger partial charge in [-0.05, 0) is 29.8 Å². The van der Waals surface area contributed by atoms with Crippen molar-refractivity contribution < 1.29 is 14.6 Å². The Morgan fingerprint density at radius 2 is 2.11 bits per heavy atom. The van der Waals surface area contributed by atoms with Crippen LogP contribution in [0, 0.1) is 5.41 Å². The van der Waals surface area contributed by atoms with Crippen molar-refractivity contribution in [2.45, 2.75) is 5.92 Å². The van der Waals surface area contributed by atoms with Crippen LogP contribution in [-0.2, 0) is 0 Å². The normalized spacial score (nSPS) is 23.6. The maximum atomic E-state index is 13.2. The number of pyridine rings is 1. The molecule has 1 amide bonds. The van der Waals surface area contributed by atoms with E-state index in [0.29, 0.717) is 25.3 Å². The minimum absolute atomic E-state index is 0.00490. The molecule has 1 N–H and O–H groups in total. The van der Waals surface area contributed by atoms with Crippen molar-refractivity contribution in [2.75, 3.05) is 26.3 Å². The van der Waals surface area contributed by atoms with Crippen LogP contribution in [-0.4, -0.2) is 47.2 Å². The molecule has 0 bridgehead atoms. The fourth-order valence-corrected chi connectivity index (χ4v) is 4.41. The van der Waals surface area contributed by atoms with Gasteiger partial charge in [-0.3, -0.25) is 9.78 Å². The van der Waals surface area contributed by atoms with Gasteiger partial charge in [0.05, 0.1) is 24.1 Å². The molecule has 3 heterocycles. The molecule has 136 valence electrons. The second-order valence-electron chi connectivity index (χ2n) is 7.50. The number of likely N-dealkylation sites (tertiary alicyclic amines) is 1. The van der Waals surface area contributed by atoms with Gasteiger partial charge in [-0.1, -0.05) is 30.3 Å². The van der Waals surface area contributed by atoms with Crippen LogP contribution < -0.4 is 4.74 Å². The first-order valence-electron chi connectivity index (χ1n) is 9.17. The lowest BCUT2D eigenvalue weighted by Gasteiger charge is -2.37. The third kappa shape index (κ3) is 2.50. The summed E-state index contributed by atoms with van der Waals surface area (Å²) in [7, 11) is 0. The van der Waals surface area contributed by atoms with Crippen LogP contribution in [0.1, 0.15) is 21.8 Å². The first kappa shape index (κ1) is 16.3. The van der Waals surface area contributed by atoms with Gasteiger partial charge < -0.3 is 14.7 Å². The molecular weight excluding hydrogens is 340 g/mol. The Hall–Kier alpha value is -2.92. The van der Waals surface area contributed by atoms with E-state index in [0.717, 1.165) is 22.2 Å². The Morgan fingerprint density at radius 3 is 3.00 bits per heavy atom. The highest BCUT2D eigenvalue weighted by Gasteiger charge is 2.52. The molecule has 2 atom stereocenters. The van der Waals surface area contributed by atoms with E-state index in [1.807, 2.05) is 59.5 Å². The van der Waals surface area contributed by atoms with Crippen LogP contribution in [0.5, 0.6) is 5.75 Å². The van der Waals surface area contributed by atoms with Crippen molar-refractivity contribution in [3.63, 3.8) is 0 Å². The minimum atomic E-state index is -0.445. The lowest BCUT2D eigenvalue weighted by atomic mass is 9.74. The topological polar surface area (TPSA) is 62.7 Å². The molecule has 1 fully saturated rings. The quantitative estimate of drug-likeness (QED) is 0.763. The fourth-order valence-electron chi connectivity index (χ4n) is 4.41. The van der Waals surface area contributed by atoms with Crippen LogP contribution in [0.25, 0.3) is 10.9 Å². The van der Waals surface area contributed by atoms with Gasteiger partial charge in [0.25, 0.3) is 5.91 Å². The van der Waals surface area contributed by atoms with Crippen LogP contribution in [0.15, 0.2) is 60.8 Å². The molecule has 5 nitrogen and oxygen atoms in total. The minimum Gasteiger partial charge on any atom is -0.493 e. The van der Waals surface area contributed by atoms with E-state index in [4.69, 9.17) is 4.74 Å². The number of para-hydroxylation sites is 1. The molecule has 0 saturated carbocycles. The maximum Gasteiger partial charge on any atom is 0.253 e. The van der Waals surface area contributed by atoms with Gasteiger partial charge in [0.1, 0.15) is 5.75 Å². The number of rotatable bonds is 2. The average Bonchev–Trinajstić information content (AvgIpc) is 3.14. The summed E-state index contributed by atoms with van der Waals surface area (Å²) in [6, 6.07) is 17.4. The molecule has 1 aromatic heterocycles. The van der Waals surface area contributed by atoms with Crippen molar-refractivity contribution in [1.82, 2.24) is 9.88 Å². The van der Waals surface area contributed by atoms with Crippen LogP contribution in [0.2, 0.25) is 0 Å². The number of benzene rings is 2. The highest BCUT2D eigenvalue weighted by molar-refractivity contribution is 5.98. The number of nitrogens with zero attached hydrogens (tertiary/aromatic N) is 2. The first-order chi connectivity index (χ1) is 13.2. The summed E-state index contributed by atoms with van der Waals surface area (Å²) in [6.07, 6.45) is 1.73. The summed E-state index contributed by atoms with van der Waals surface area (Å²) in [5.74, 6) is 0.910. The first-order valence-corrected chi connectivity index (χ1v) is 9.17. The number of aliphatic hydroxyl groups is 1. The molecule has 2 aromatic carbocycles. The molecule has 1 saturated heterocycles. The van der Waals surface area contributed by atoms with Gasteiger partial charge in [-0.25, -0.2) is 0 Å².